The summed E-state index contributed by atoms with van der Waals surface area (Å²) in [6.07, 6.45) is -0.186. The van der Waals surface area contributed by atoms with Crippen molar-refractivity contribution in [2.24, 2.45) is 0 Å². The van der Waals surface area contributed by atoms with Gasteiger partial charge in [0.1, 0.15) is 12.1 Å². The Labute approximate surface area is 171 Å². The van der Waals surface area contributed by atoms with Gasteiger partial charge in [-0.3, -0.25) is 4.57 Å². The Morgan fingerprint density at radius 1 is 1.20 bits per heavy atom. The highest BCUT2D eigenvalue weighted by atomic mass is 19.4. The molecule has 6 nitrogen and oxygen atoms in total. The quantitative estimate of drug-likeness (QED) is 0.656. The molecule has 2 N–H and O–H groups in total. The number of alkyl halides is 3. The highest BCUT2D eigenvalue weighted by Crippen LogP contribution is 2.40. The summed E-state index contributed by atoms with van der Waals surface area (Å²) in [4.78, 5) is 19.8. The molecule has 1 saturated carbocycles. The molecule has 9 heteroatoms. The molecule has 0 spiro atoms. The van der Waals surface area contributed by atoms with Crippen LogP contribution in [0.3, 0.4) is 0 Å². The lowest BCUT2D eigenvalue weighted by molar-refractivity contribution is -0.140. The van der Waals surface area contributed by atoms with E-state index >= 15 is 0 Å². The van der Waals surface area contributed by atoms with E-state index in [1.807, 2.05) is 30.3 Å². The highest BCUT2D eigenvalue weighted by molar-refractivity contribution is 5.75. The van der Waals surface area contributed by atoms with Crippen LogP contribution in [-0.2, 0) is 6.18 Å². The second-order valence-corrected chi connectivity index (χ2v) is 7.31. The van der Waals surface area contributed by atoms with Gasteiger partial charge in [-0.2, -0.15) is 13.2 Å². The zero-order valence-electron chi connectivity index (χ0n) is 16.1. The van der Waals surface area contributed by atoms with E-state index in [-0.39, 0.29) is 23.9 Å². The lowest BCUT2D eigenvalue weighted by atomic mass is 10.1. The standard InChI is InChI=1S/C21H20F3N5O/c1-13(27-20(30)28-17-10-16(17)14-5-3-2-4-6-14)15-7-8-25-19(9-15)29-11-18(26-12-29)21(22,23)24/h2-9,11-13,16-17H,10H2,1H3,(H2,27,28,30)/t13?,16-,17+/m0/s1. The Morgan fingerprint density at radius 3 is 2.67 bits per heavy atom. The van der Waals surface area contributed by atoms with Crippen molar-refractivity contribution in [2.75, 3.05) is 0 Å². The molecule has 156 valence electrons. The summed E-state index contributed by atoms with van der Waals surface area (Å²) in [5.74, 6) is 0.611. The van der Waals surface area contributed by atoms with E-state index in [4.69, 9.17) is 0 Å². The van der Waals surface area contributed by atoms with Gasteiger partial charge in [-0.05, 0) is 36.6 Å². The molecule has 2 aromatic heterocycles. The van der Waals surface area contributed by atoms with Crippen molar-refractivity contribution in [3.63, 3.8) is 0 Å². The molecule has 3 atom stereocenters. The molecule has 1 aromatic carbocycles. The number of imidazole rings is 1. The average molecular weight is 415 g/mol. The van der Waals surface area contributed by atoms with Gasteiger partial charge < -0.3 is 10.6 Å². The third kappa shape index (κ3) is 4.45. The second kappa shape index (κ2) is 7.81. The van der Waals surface area contributed by atoms with Gasteiger partial charge in [0.05, 0.1) is 6.04 Å². The highest BCUT2D eigenvalue weighted by Gasteiger charge is 2.39. The maximum atomic E-state index is 12.8. The first-order valence-corrected chi connectivity index (χ1v) is 9.51. The summed E-state index contributed by atoms with van der Waals surface area (Å²) < 4.78 is 39.5. The number of nitrogens with one attached hydrogen (secondary N) is 2. The first kappa shape index (κ1) is 19.9. The van der Waals surface area contributed by atoms with Gasteiger partial charge in [0, 0.05) is 24.4 Å². The Morgan fingerprint density at radius 2 is 1.97 bits per heavy atom. The van der Waals surface area contributed by atoms with Crippen LogP contribution in [0.15, 0.2) is 61.2 Å². The molecular formula is C21H20F3N5O. The third-order valence-electron chi connectivity index (χ3n) is 5.09. The fourth-order valence-electron chi connectivity index (χ4n) is 3.35. The zero-order valence-corrected chi connectivity index (χ0v) is 16.1. The summed E-state index contributed by atoms with van der Waals surface area (Å²) in [5.41, 5.74) is 0.929. The van der Waals surface area contributed by atoms with E-state index in [1.165, 1.54) is 16.3 Å². The number of benzene rings is 1. The minimum absolute atomic E-state index is 0.0966. The molecule has 2 heterocycles. The van der Waals surface area contributed by atoms with E-state index in [9.17, 15) is 18.0 Å². The van der Waals surface area contributed by atoms with Crippen molar-refractivity contribution in [3.05, 3.63) is 78.0 Å². The molecule has 1 aliphatic rings. The van der Waals surface area contributed by atoms with Crippen molar-refractivity contribution in [1.29, 1.82) is 0 Å². The van der Waals surface area contributed by atoms with E-state index in [0.29, 0.717) is 11.5 Å². The van der Waals surface area contributed by atoms with Crippen LogP contribution in [0.2, 0.25) is 0 Å². The van der Waals surface area contributed by atoms with Crippen molar-refractivity contribution in [3.8, 4) is 5.82 Å². The van der Waals surface area contributed by atoms with Gasteiger partial charge in [-0.15, -0.1) is 0 Å². The van der Waals surface area contributed by atoms with Gasteiger partial charge in [-0.1, -0.05) is 30.3 Å². The average Bonchev–Trinajstić information content (AvgIpc) is 3.28. The number of halogens is 3. The number of hydrogen-bond donors (Lipinski definition) is 2. The summed E-state index contributed by atoms with van der Waals surface area (Å²) in [6, 6.07) is 12.8. The summed E-state index contributed by atoms with van der Waals surface area (Å²) in [7, 11) is 0. The lowest BCUT2D eigenvalue weighted by Crippen LogP contribution is -2.38. The van der Waals surface area contributed by atoms with Crippen LogP contribution < -0.4 is 10.6 Å². The Hall–Kier alpha value is -3.36. The fraction of sp³-hybridized carbons (Fsp3) is 0.286. The molecule has 1 aliphatic carbocycles. The lowest BCUT2D eigenvalue weighted by Gasteiger charge is -2.16. The van der Waals surface area contributed by atoms with Gasteiger partial charge in [0.25, 0.3) is 0 Å². The van der Waals surface area contributed by atoms with E-state index in [1.54, 1.807) is 19.1 Å². The van der Waals surface area contributed by atoms with Gasteiger partial charge >= 0.3 is 12.2 Å². The van der Waals surface area contributed by atoms with Crippen LogP contribution in [-0.4, -0.2) is 26.6 Å². The van der Waals surface area contributed by atoms with Gasteiger partial charge in [0.2, 0.25) is 0 Å². The molecular weight excluding hydrogens is 395 g/mol. The predicted octanol–water partition coefficient (Wildman–Crippen LogP) is 4.20. The number of pyridine rings is 1. The van der Waals surface area contributed by atoms with Crippen LogP contribution in [0, 0.1) is 0 Å². The molecule has 0 saturated heterocycles. The molecule has 0 radical (unpaired) electrons. The van der Waals surface area contributed by atoms with Crippen LogP contribution >= 0.6 is 0 Å². The maximum absolute atomic E-state index is 12.8. The number of amides is 2. The van der Waals surface area contributed by atoms with Gasteiger partial charge in [-0.25, -0.2) is 14.8 Å². The fourth-order valence-corrected chi connectivity index (χ4v) is 3.35. The number of aromatic nitrogens is 3. The van der Waals surface area contributed by atoms with E-state index < -0.39 is 11.9 Å². The zero-order chi connectivity index (χ0) is 21.3. The monoisotopic (exact) mass is 415 g/mol. The SMILES string of the molecule is CC(NC(=O)N[C@@H]1C[C@H]1c1ccccc1)c1ccnc(-n2cnc(C(F)(F)F)c2)c1. The number of rotatable bonds is 5. The molecule has 2 amide bonds. The predicted molar refractivity (Wildman–Crippen MR) is 104 cm³/mol. The minimum atomic E-state index is -4.52. The molecule has 0 aliphatic heterocycles. The number of carbonyl (C=O) groups is 1. The second-order valence-electron chi connectivity index (χ2n) is 7.31. The molecule has 4 rings (SSSR count). The first-order chi connectivity index (χ1) is 14.3. The number of urea groups is 1. The van der Waals surface area contributed by atoms with Crippen molar-refractivity contribution in [2.45, 2.75) is 37.5 Å². The first-order valence-electron chi connectivity index (χ1n) is 9.51. The van der Waals surface area contributed by atoms with Crippen molar-refractivity contribution in [1.82, 2.24) is 25.2 Å². The summed E-state index contributed by atoms with van der Waals surface area (Å²) >= 11 is 0. The number of nitrogens with zero attached hydrogens (tertiary/aromatic N) is 3. The molecule has 0 bridgehead atoms. The topological polar surface area (TPSA) is 71.8 Å². The third-order valence-corrected chi connectivity index (χ3v) is 5.09. The van der Waals surface area contributed by atoms with Gasteiger partial charge in [0.15, 0.2) is 5.69 Å². The van der Waals surface area contributed by atoms with Crippen molar-refractivity contribution < 1.29 is 18.0 Å². The number of hydrogen-bond acceptors (Lipinski definition) is 3. The van der Waals surface area contributed by atoms with E-state index in [0.717, 1.165) is 18.9 Å². The molecule has 3 aromatic rings. The van der Waals surface area contributed by atoms with Crippen LogP contribution in [0.4, 0.5) is 18.0 Å². The van der Waals surface area contributed by atoms with Crippen molar-refractivity contribution >= 4 is 6.03 Å². The Kier molecular flexibility index (Phi) is 5.19. The largest absolute Gasteiger partial charge is 0.434 e. The van der Waals surface area contributed by atoms with Crippen LogP contribution in [0.5, 0.6) is 0 Å². The number of carbonyl (C=O) groups excluding carboxylic acids is 1. The maximum Gasteiger partial charge on any atom is 0.434 e. The summed E-state index contributed by atoms with van der Waals surface area (Å²) in [6.45, 7) is 1.80. The summed E-state index contributed by atoms with van der Waals surface area (Å²) in [5, 5.41) is 5.83. The molecule has 1 fully saturated rings. The van der Waals surface area contributed by atoms with Crippen LogP contribution in [0.1, 0.15) is 42.1 Å². The molecule has 30 heavy (non-hydrogen) atoms. The van der Waals surface area contributed by atoms with E-state index in [2.05, 4.69) is 20.6 Å². The molecule has 1 unspecified atom stereocenters. The smallest absolute Gasteiger partial charge is 0.335 e. The van der Waals surface area contributed by atoms with Crippen LogP contribution in [0.25, 0.3) is 5.82 Å². The normalized spacial score (nSPS) is 19.2. The Balaban J connectivity index is 1.37. The Bertz CT molecular complexity index is 1030. The minimum Gasteiger partial charge on any atom is -0.335 e.